The van der Waals surface area contributed by atoms with E-state index in [0.29, 0.717) is 18.2 Å². The zero-order valence-corrected chi connectivity index (χ0v) is 10.1. The largest absolute Gasteiger partial charge is 0.377 e. The Hall–Kier alpha value is -0.450. The van der Waals surface area contributed by atoms with E-state index in [-0.39, 0.29) is 0 Å². The van der Waals surface area contributed by atoms with Crippen LogP contribution >= 0.6 is 11.3 Å². The Morgan fingerprint density at radius 1 is 1.60 bits per heavy atom. The van der Waals surface area contributed by atoms with Gasteiger partial charge in [0.2, 0.25) is 0 Å². The van der Waals surface area contributed by atoms with Gasteiger partial charge in [0.05, 0.1) is 12.1 Å². The minimum Gasteiger partial charge on any atom is -0.377 e. The van der Waals surface area contributed by atoms with E-state index in [2.05, 4.69) is 24.1 Å². The molecule has 0 spiro atoms. The van der Waals surface area contributed by atoms with Gasteiger partial charge < -0.3 is 10.1 Å². The third kappa shape index (κ3) is 2.77. The quantitative estimate of drug-likeness (QED) is 0.856. The first-order valence-electron chi connectivity index (χ1n) is 5.54. The molecule has 0 amide bonds. The number of nitrogens with one attached hydrogen (secondary N) is 1. The van der Waals surface area contributed by atoms with Gasteiger partial charge in [-0.15, -0.1) is 11.3 Å². The summed E-state index contributed by atoms with van der Waals surface area (Å²) in [6, 6.07) is 0.732. The van der Waals surface area contributed by atoms with E-state index in [1.807, 2.05) is 11.6 Å². The molecule has 2 heterocycles. The Kier molecular flexibility index (Phi) is 3.72. The van der Waals surface area contributed by atoms with Crippen molar-refractivity contribution in [2.24, 2.45) is 0 Å². The summed E-state index contributed by atoms with van der Waals surface area (Å²) in [5, 5.41) is 6.72. The molecule has 1 aromatic rings. The van der Waals surface area contributed by atoms with Gasteiger partial charge >= 0.3 is 0 Å². The van der Waals surface area contributed by atoms with Gasteiger partial charge in [0, 0.05) is 24.2 Å². The molecule has 0 aromatic carbocycles. The van der Waals surface area contributed by atoms with Crippen molar-refractivity contribution in [1.82, 2.24) is 10.3 Å². The Morgan fingerprint density at radius 2 is 2.47 bits per heavy atom. The summed E-state index contributed by atoms with van der Waals surface area (Å²) in [6.45, 7) is 5.27. The van der Waals surface area contributed by atoms with Crippen LogP contribution < -0.4 is 5.32 Å². The Bertz CT molecular complexity index is 283. The van der Waals surface area contributed by atoms with Crippen LogP contribution in [-0.4, -0.2) is 23.7 Å². The summed E-state index contributed by atoms with van der Waals surface area (Å²) < 4.78 is 5.65. The molecule has 15 heavy (non-hydrogen) atoms. The molecule has 4 heteroatoms. The molecule has 0 aliphatic carbocycles. The van der Waals surface area contributed by atoms with Crippen LogP contribution in [0, 0.1) is 0 Å². The van der Waals surface area contributed by atoms with Crippen molar-refractivity contribution in [3.63, 3.8) is 0 Å². The lowest BCUT2D eigenvalue weighted by Gasteiger charge is -2.23. The average Bonchev–Trinajstić information content (AvgIpc) is 2.91. The molecule has 3 atom stereocenters. The summed E-state index contributed by atoms with van der Waals surface area (Å²) in [6.07, 6.45) is 4.61. The summed E-state index contributed by atoms with van der Waals surface area (Å²) in [7, 11) is 0. The van der Waals surface area contributed by atoms with Crippen LogP contribution in [0.4, 0.5) is 0 Å². The maximum absolute atomic E-state index is 5.65. The van der Waals surface area contributed by atoms with Gasteiger partial charge in [-0.1, -0.05) is 0 Å². The molecule has 3 unspecified atom stereocenters. The number of rotatable bonds is 4. The van der Waals surface area contributed by atoms with E-state index < -0.39 is 0 Å². The maximum Gasteiger partial charge on any atom is 0.109 e. The van der Waals surface area contributed by atoms with Crippen LogP contribution in [0.5, 0.6) is 0 Å². The van der Waals surface area contributed by atoms with Crippen molar-refractivity contribution < 1.29 is 4.74 Å². The van der Waals surface area contributed by atoms with E-state index in [1.165, 1.54) is 12.8 Å². The third-order valence-electron chi connectivity index (χ3n) is 2.86. The molecule has 0 saturated carbocycles. The maximum atomic E-state index is 5.65. The smallest absolute Gasteiger partial charge is 0.109 e. The highest BCUT2D eigenvalue weighted by Gasteiger charge is 2.23. The number of thiazole rings is 1. The van der Waals surface area contributed by atoms with E-state index in [1.54, 1.807) is 11.3 Å². The summed E-state index contributed by atoms with van der Waals surface area (Å²) in [4.78, 5) is 4.31. The SMILES string of the molecule is CC(NC(C)C1CCCO1)c1nccs1. The predicted molar refractivity (Wildman–Crippen MR) is 62.1 cm³/mol. The van der Waals surface area contributed by atoms with Gasteiger partial charge in [-0.2, -0.15) is 0 Å². The molecule has 0 radical (unpaired) electrons. The fraction of sp³-hybridized carbons (Fsp3) is 0.727. The number of hydrogen-bond donors (Lipinski definition) is 1. The lowest BCUT2D eigenvalue weighted by molar-refractivity contribution is 0.0804. The van der Waals surface area contributed by atoms with Gasteiger partial charge in [0.1, 0.15) is 5.01 Å². The van der Waals surface area contributed by atoms with Gasteiger partial charge in [-0.3, -0.25) is 0 Å². The topological polar surface area (TPSA) is 34.1 Å². The zero-order chi connectivity index (χ0) is 10.7. The van der Waals surface area contributed by atoms with Gasteiger partial charge in [-0.05, 0) is 26.7 Å². The predicted octanol–water partition coefficient (Wildman–Crippen LogP) is 2.36. The Balaban J connectivity index is 1.85. The van der Waals surface area contributed by atoms with Crippen LogP contribution in [0.2, 0.25) is 0 Å². The summed E-state index contributed by atoms with van der Waals surface area (Å²) in [5.41, 5.74) is 0. The molecule has 1 aromatic heterocycles. The van der Waals surface area contributed by atoms with Gasteiger partial charge in [0.15, 0.2) is 0 Å². The Labute approximate surface area is 94.9 Å². The van der Waals surface area contributed by atoms with E-state index in [0.717, 1.165) is 11.6 Å². The van der Waals surface area contributed by atoms with Gasteiger partial charge in [0.25, 0.3) is 0 Å². The van der Waals surface area contributed by atoms with Crippen LogP contribution in [0.3, 0.4) is 0 Å². The Morgan fingerprint density at radius 3 is 3.07 bits per heavy atom. The molecule has 84 valence electrons. The van der Waals surface area contributed by atoms with E-state index in [9.17, 15) is 0 Å². The molecule has 1 aliphatic rings. The van der Waals surface area contributed by atoms with Crippen LogP contribution in [0.1, 0.15) is 37.7 Å². The van der Waals surface area contributed by atoms with Crippen molar-refractivity contribution >= 4 is 11.3 Å². The lowest BCUT2D eigenvalue weighted by Crippen LogP contribution is -2.38. The highest BCUT2D eigenvalue weighted by atomic mass is 32.1. The summed E-state index contributed by atoms with van der Waals surface area (Å²) in [5.74, 6) is 0. The zero-order valence-electron chi connectivity index (χ0n) is 9.27. The minimum absolute atomic E-state index is 0.323. The molecule has 1 fully saturated rings. The summed E-state index contributed by atoms with van der Waals surface area (Å²) >= 11 is 1.70. The second kappa shape index (κ2) is 5.05. The van der Waals surface area contributed by atoms with E-state index >= 15 is 0 Å². The molecule has 1 N–H and O–H groups in total. The second-order valence-electron chi connectivity index (χ2n) is 4.10. The van der Waals surface area contributed by atoms with Crippen LogP contribution in [0.15, 0.2) is 11.6 Å². The molecule has 2 rings (SSSR count). The van der Waals surface area contributed by atoms with Crippen molar-refractivity contribution in [2.75, 3.05) is 6.61 Å². The fourth-order valence-electron chi connectivity index (χ4n) is 2.02. The average molecular weight is 226 g/mol. The highest BCUT2D eigenvalue weighted by molar-refractivity contribution is 7.09. The second-order valence-corrected chi connectivity index (χ2v) is 5.02. The first-order chi connectivity index (χ1) is 7.27. The number of hydrogen-bond acceptors (Lipinski definition) is 4. The van der Waals surface area contributed by atoms with Crippen LogP contribution in [-0.2, 0) is 4.74 Å². The molecule has 1 aliphatic heterocycles. The van der Waals surface area contributed by atoms with Gasteiger partial charge in [-0.25, -0.2) is 4.98 Å². The number of nitrogens with zero attached hydrogens (tertiary/aromatic N) is 1. The van der Waals surface area contributed by atoms with Crippen molar-refractivity contribution in [2.45, 2.75) is 44.9 Å². The number of aromatic nitrogens is 1. The molecular formula is C11H18N2OS. The van der Waals surface area contributed by atoms with Crippen molar-refractivity contribution in [1.29, 1.82) is 0 Å². The van der Waals surface area contributed by atoms with Crippen molar-refractivity contribution in [3.05, 3.63) is 16.6 Å². The first kappa shape index (κ1) is 11.0. The molecular weight excluding hydrogens is 208 g/mol. The monoisotopic (exact) mass is 226 g/mol. The first-order valence-corrected chi connectivity index (χ1v) is 6.42. The minimum atomic E-state index is 0.323. The molecule has 1 saturated heterocycles. The van der Waals surface area contributed by atoms with Crippen LogP contribution in [0.25, 0.3) is 0 Å². The lowest BCUT2D eigenvalue weighted by atomic mass is 10.1. The molecule has 3 nitrogen and oxygen atoms in total. The van der Waals surface area contributed by atoms with Crippen molar-refractivity contribution in [3.8, 4) is 0 Å². The molecule has 0 bridgehead atoms. The fourth-order valence-corrected chi connectivity index (χ4v) is 2.67. The number of ether oxygens (including phenoxy) is 1. The van der Waals surface area contributed by atoms with E-state index in [4.69, 9.17) is 4.74 Å². The standard InChI is InChI=1S/C11H18N2OS/c1-8(10-4-3-6-14-10)13-9(2)11-12-5-7-15-11/h5,7-10,13H,3-4,6H2,1-2H3. The third-order valence-corrected chi connectivity index (χ3v) is 3.82. The highest BCUT2D eigenvalue weighted by Crippen LogP contribution is 2.20. The normalized spacial score (nSPS) is 25.3.